The van der Waals surface area contributed by atoms with Crippen molar-refractivity contribution < 1.29 is 8.42 Å². The van der Waals surface area contributed by atoms with Crippen molar-refractivity contribution >= 4 is 10.0 Å². The van der Waals surface area contributed by atoms with E-state index in [2.05, 4.69) is 11.6 Å². The predicted molar refractivity (Wildman–Crippen MR) is 40.2 cm³/mol. The molecule has 1 unspecified atom stereocenters. The first-order chi connectivity index (χ1) is 4.64. The van der Waals surface area contributed by atoms with Gasteiger partial charge in [-0.25, -0.2) is 13.1 Å². The third-order valence-corrected chi connectivity index (χ3v) is 3.18. The van der Waals surface area contributed by atoms with Gasteiger partial charge in [-0.15, -0.1) is 0 Å². The summed E-state index contributed by atoms with van der Waals surface area (Å²) in [6.07, 6.45) is 2.81. The zero-order valence-corrected chi connectivity index (χ0v) is 6.95. The molecule has 60 valence electrons. The van der Waals surface area contributed by atoms with Crippen LogP contribution in [0.3, 0.4) is 0 Å². The van der Waals surface area contributed by atoms with Crippen LogP contribution in [0.15, 0.2) is 0 Å². The maximum absolute atomic E-state index is 10.8. The second kappa shape index (κ2) is 2.88. The summed E-state index contributed by atoms with van der Waals surface area (Å²) in [5.74, 6) is 0.317. The molecule has 1 aliphatic heterocycles. The molecule has 3 nitrogen and oxygen atoms in total. The molecular formula is C6H13NO2S. The van der Waals surface area contributed by atoms with Gasteiger partial charge in [-0.05, 0) is 12.8 Å². The molecule has 1 N–H and O–H groups in total. The Hall–Kier alpha value is -0.0900. The Labute approximate surface area is 61.9 Å². The zero-order valence-electron chi connectivity index (χ0n) is 6.13. The van der Waals surface area contributed by atoms with Gasteiger partial charge in [0, 0.05) is 6.04 Å². The molecule has 0 radical (unpaired) electrons. The normalized spacial score (nSPS) is 30.7. The average Bonchev–Trinajstić information content (AvgIpc) is 2.12. The Morgan fingerprint density at radius 2 is 2.30 bits per heavy atom. The summed E-state index contributed by atoms with van der Waals surface area (Å²) in [7, 11) is -2.87. The van der Waals surface area contributed by atoms with Gasteiger partial charge in [0.05, 0.1) is 5.75 Å². The lowest BCUT2D eigenvalue weighted by molar-refractivity contribution is 0.557. The van der Waals surface area contributed by atoms with Crippen LogP contribution < -0.4 is 4.72 Å². The Morgan fingerprint density at radius 3 is 2.70 bits per heavy atom. The van der Waals surface area contributed by atoms with E-state index in [9.17, 15) is 8.42 Å². The van der Waals surface area contributed by atoms with Crippen LogP contribution in [0.1, 0.15) is 26.2 Å². The standard InChI is InChI=1S/C6H13NO2S/c1-2-3-6-4-5-10(8,9)7-6/h6-7H,2-5H2,1H3. The van der Waals surface area contributed by atoms with E-state index in [0.717, 1.165) is 19.3 Å². The molecule has 0 aromatic heterocycles. The van der Waals surface area contributed by atoms with Gasteiger partial charge in [0.15, 0.2) is 0 Å². The Balaban J connectivity index is 2.44. The van der Waals surface area contributed by atoms with Gasteiger partial charge in [0.1, 0.15) is 0 Å². The molecule has 0 bridgehead atoms. The quantitative estimate of drug-likeness (QED) is 0.643. The van der Waals surface area contributed by atoms with Crippen LogP contribution in [-0.4, -0.2) is 20.2 Å². The molecule has 1 atom stereocenters. The van der Waals surface area contributed by atoms with Crippen molar-refractivity contribution in [3.8, 4) is 0 Å². The maximum atomic E-state index is 10.8. The number of hydrogen-bond donors (Lipinski definition) is 1. The van der Waals surface area contributed by atoms with Crippen molar-refractivity contribution in [1.82, 2.24) is 4.72 Å². The number of sulfonamides is 1. The molecule has 0 saturated carbocycles. The smallest absolute Gasteiger partial charge is 0.211 e. The highest BCUT2D eigenvalue weighted by molar-refractivity contribution is 7.89. The van der Waals surface area contributed by atoms with Crippen molar-refractivity contribution in [3.05, 3.63) is 0 Å². The summed E-state index contributed by atoms with van der Waals surface area (Å²) in [4.78, 5) is 0. The van der Waals surface area contributed by atoms with Gasteiger partial charge in [-0.2, -0.15) is 0 Å². The molecule has 0 aromatic rings. The van der Waals surface area contributed by atoms with Gasteiger partial charge >= 0.3 is 0 Å². The van der Waals surface area contributed by atoms with Crippen LogP contribution in [0, 0.1) is 0 Å². The van der Waals surface area contributed by atoms with Gasteiger partial charge in [-0.1, -0.05) is 13.3 Å². The first-order valence-electron chi connectivity index (χ1n) is 3.64. The first-order valence-corrected chi connectivity index (χ1v) is 5.29. The van der Waals surface area contributed by atoms with E-state index in [1.165, 1.54) is 0 Å². The van der Waals surface area contributed by atoms with Gasteiger partial charge < -0.3 is 0 Å². The fourth-order valence-electron chi connectivity index (χ4n) is 1.22. The summed E-state index contributed by atoms with van der Waals surface area (Å²) in [6.45, 7) is 2.06. The van der Waals surface area contributed by atoms with Crippen molar-refractivity contribution in [3.63, 3.8) is 0 Å². The Morgan fingerprint density at radius 1 is 1.60 bits per heavy atom. The van der Waals surface area contributed by atoms with Gasteiger partial charge in [-0.3, -0.25) is 0 Å². The average molecular weight is 163 g/mol. The van der Waals surface area contributed by atoms with Crippen LogP contribution in [0.5, 0.6) is 0 Å². The highest BCUT2D eigenvalue weighted by Gasteiger charge is 2.25. The Kier molecular flexibility index (Phi) is 2.31. The summed E-state index contributed by atoms with van der Waals surface area (Å²) in [5.41, 5.74) is 0. The predicted octanol–water partition coefficient (Wildman–Crippen LogP) is 0.478. The minimum Gasteiger partial charge on any atom is -0.212 e. The second-order valence-corrected chi connectivity index (χ2v) is 4.58. The van der Waals surface area contributed by atoms with Crippen molar-refractivity contribution in [2.45, 2.75) is 32.2 Å². The monoisotopic (exact) mass is 163 g/mol. The minimum atomic E-state index is -2.87. The molecule has 1 aliphatic rings. The van der Waals surface area contributed by atoms with E-state index in [1.54, 1.807) is 0 Å². The Bertz CT molecular complexity index is 198. The SMILES string of the molecule is CCCC1CCS(=O)(=O)N1. The molecule has 1 heterocycles. The topological polar surface area (TPSA) is 46.2 Å². The van der Waals surface area contributed by atoms with Crippen LogP contribution in [0.2, 0.25) is 0 Å². The van der Waals surface area contributed by atoms with Crippen LogP contribution in [0.25, 0.3) is 0 Å². The molecule has 0 aliphatic carbocycles. The molecule has 4 heteroatoms. The maximum Gasteiger partial charge on any atom is 0.211 e. The third kappa shape index (κ3) is 1.95. The third-order valence-electron chi connectivity index (χ3n) is 1.72. The van der Waals surface area contributed by atoms with E-state index < -0.39 is 10.0 Å². The summed E-state index contributed by atoms with van der Waals surface area (Å²) >= 11 is 0. The molecule has 0 amide bonds. The fourth-order valence-corrected chi connectivity index (χ4v) is 2.68. The molecular weight excluding hydrogens is 150 g/mol. The highest BCUT2D eigenvalue weighted by Crippen LogP contribution is 2.11. The molecule has 0 spiro atoms. The largest absolute Gasteiger partial charge is 0.212 e. The van der Waals surface area contributed by atoms with Crippen molar-refractivity contribution in [1.29, 1.82) is 0 Å². The minimum absolute atomic E-state index is 0.218. The molecule has 0 aromatic carbocycles. The zero-order chi connectivity index (χ0) is 7.61. The molecule has 1 fully saturated rings. The summed E-state index contributed by atoms with van der Waals surface area (Å²) in [5, 5.41) is 0. The number of rotatable bonds is 2. The van der Waals surface area contributed by atoms with Gasteiger partial charge in [0.25, 0.3) is 0 Å². The number of nitrogens with one attached hydrogen (secondary N) is 1. The first kappa shape index (κ1) is 8.01. The van der Waals surface area contributed by atoms with Crippen LogP contribution in [-0.2, 0) is 10.0 Å². The lowest BCUT2D eigenvalue weighted by Crippen LogP contribution is -2.25. The van der Waals surface area contributed by atoms with Crippen molar-refractivity contribution in [2.75, 3.05) is 5.75 Å². The van der Waals surface area contributed by atoms with E-state index >= 15 is 0 Å². The van der Waals surface area contributed by atoms with E-state index in [0.29, 0.717) is 5.75 Å². The second-order valence-electron chi connectivity index (χ2n) is 2.71. The summed E-state index contributed by atoms with van der Waals surface area (Å²) in [6, 6.07) is 0.218. The number of hydrogen-bond acceptors (Lipinski definition) is 2. The van der Waals surface area contributed by atoms with E-state index in [-0.39, 0.29) is 6.04 Å². The van der Waals surface area contributed by atoms with E-state index in [1.807, 2.05) is 0 Å². The molecule has 1 rings (SSSR count). The van der Waals surface area contributed by atoms with Crippen molar-refractivity contribution in [2.24, 2.45) is 0 Å². The van der Waals surface area contributed by atoms with Gasteiger partial charge in [0.2, 0.25) is 10.0 Å². The van der Waals surface area contributed by atoms with E-state index in [4.69, 9.17) is 0 Å². The highest BCUT2D eigenvalue weighted by atomic mass is 32.2. The molecule has 1 saturated heterocycles. The lowest BCUT2D eigenvalue weighted by atomic mass is 10.1. The summed E-state index contributed by atoms with van der Waals surface area (Å²) < 4.78 is 24.2. The fraction of sp³-hybridized carbons (Fsp3) is 1.00. The lowest BCUT2D eigenvalue weighted by Gasteiger charge is -2.04. The molecule has 10 heavy (non-hydrogen) atoms. The van der Waals surface area contributed by atoms with Crippen LogP contribution in [0.4, 0.5) is 0 Å². The van der Waals surface area contributed by atoms with Crippen LogP contribution >= 0.6 is 0 Å².